The number of halogens is 2. The molecule has 7 heteroatoms. The van der Waals surface area contributed by atoms with Crippen LogP contribution in [0, 0.1) is 23.2 Å². The molecule has 100 valence electrons. The van der Waals surface area contributed by atoms with Crippen LogP contribution in [-0.2, 0) is 4.79 Å². The van der Waals surface area contributed by atoms with Crippen LogP contribution in [0.1, 0.15) is 6.42 Å². The number of pyridine rings is 2. The Morgan fingerprint density at radius 3 is 2.95 bits per heavy atom. The van der Waals surface area contributed by atoms with E-state index in [0.29, 0.717) is 17.6 Å². The van der Waals surface area contributed by atoms with Crippen molar-refractivity contribution >= 4 is 45.7 Å². The zero-order chi connectivity index (χ0) is 14.3. The van der Waals surface area contributed by atoms with Gasteiger partial charge in [0.15, 0.2) is 0 Å². The molecule has 3 rings (SSSR count). The molecule has 1 aliphatic rings. The average Bonchev–Trinajstić information content (AvgIpc) is 3.17. The highest BCUT2D eigenvalue weighted by molar-refractivity contribution is 6.36. The largest absolute Gasteiger partial charge is 0.310 e. The fraction of sp³-hybridized carbons (Fsp3) is 0.231. The number of rotatable bonds is 2. The van der Waals surface area contributed by atoms with E-state index in [4.69, 9.17) is 28.5 Å². The number of anilines is 1. The number of carbonyl (C=O) groups is 1. The van der Waals surface area contributed by atoms with Gasteiger partial charge in [-0.05, 0) is 23.9 Å². The minimum absolute atomic E-state index is 0.177. The van der Waals surface area contributed by atoms with E-state index in [1.165, 1.54) is 6.20 Å². The lowest BCUT2D eigenvalue weighted by atomic mass is 10.2. The summed E-state index contributed by atoms with van der Waals surface area (Å²) in [6.45, 7) is 0. The van der Waals surface area contributed by atoms with Gasteiger partial charge in [0.1, 0.15) is 16.1 Å². The monoisotopic (exact) mass is 306 g/mol. The molecule has 2 aromatic heterocycles. The van der Waals surface area contributed by atoms with Crippen LogP contribution in [0.5, 0.6) is 0 Å². The van der Waals surface area contributed by atoms with Crippen LogP contribution in [0.2, 0.25) is 10.3 Å². The highest BCUT2D eigenvalue weighted by atomic mass is 35.5. The maximum Gasteiger partial charge on any atom is 0.230 e. The Morgan fingerprint density at radius 1 is 1.45 bits per heavy atom. The van der Waals surface area contributed by atoms with Crippen LogP contribution in [0.25, 0.3) is 10.8 Å². The minimum atomic E-state index is -0.234. The summed E-state index contributed by atoms with van der Waals surface area (Å²) in [5.74, 6) is -0.190. The van der Waals surface area contributed by atoms with Crippen molar-refractivity contribution in [2.75, 3.05) is 5.32 Å². The molecule has 1 fully saturated rings. The minimum Gasteiger partial charge on any atom is -0.310 e. The zero-order valence-electron chi connectivity index (χ0n) is 10.1. The second kappa shape index (κ2) is 4.89. The van der Waals surface area contributed by atoms with Gasteiger partial charge >= 0.3 is 0 Å². The molecule has 2 heterocycles. The zero-order valence-corrected chi connectivity index (χ0v) is 11.6. The van der Waals surface area contributed by atoms with Crippen molar-refractivity contribution in [3.63, 3.8) is 0 Å². The molecule has 0 aromatic carbocycles. The maximum atomic E-state index is 11.8. The van der Waals surface area contributed by atoms with Gasteiger partial charge in [-0.2, -0.15) is 5.26 Å². The number of nitriles is 1. The molecule has 1 aliphatic carbocycles. The maximum absolute atomic E-state index is 11.8. The molecule has 1 saturated carbocycles. The first-order chi connectivity index (χ1) is 9.58. The van der Waals surface area contributed by atoms with E-state index in [2.05, 4.69) is 21.4 Å². The number of hydrogen-bond donors (Lipinski definition) is 1. The second-order valence-electron chi connectivity index (χ2n) is 4.59. The molecule has 20 heavy (non-hydrogen) atoms. The van der Waals surface area contributed by atoms with Gasteiger partial charge in [-0.1, -0.05) is 23.2 Å². The first kappa shape index (κ1) is 13.1. The molecule has 0 radical (unpaired) electrons. The smallest absolute Gasteiger partial charge is 0.230 e. The van der Waals surface area contributed by atoms with Gasteiger partial charge in [0.05, 0.1) is 17.9 Å². The van der Waals surface area contributed by atoms with Crippen molar-refractivity contribution < 1.29 is 4.79 Å². The van der Waals surface area contributed by atoms with Crippen molar-refractivity contribution in [2.45, 2.75) is 6.42 Å². The van der Waals surface area contributed by atoms with Crippen molar-refractivity contribution in [3.8, 4) is 6.07 Å². The van der Waals surface area contributed by atoms with Crippen molar-refractivity contribution in [1.29, 1.82) is 5.26 Å². The predicted octanol–water partition coefficient (Wildman–Crippen LogP) is 3.03. The Bertz CT molecular complexity index is 756. The predicted molar refractivity (Wildman–Crippen MR) is 75.4 cm³/mol. The van der Waals surface area contributed by atoms with Crippen molar-refractivity contribution in [2.24, 2.45) is 11.8 Å². The third-order valence-corrected chi connectivity index (χ3v) is 3.66. The lowest BCUT2D eigenvalue weighted by Crippen LogP contribution is -2.15. The molecule has 0 bridgehead atoms. The van der Waals surface area contributed by atoms with Crippen LogP contribution in [0.3, 0.4) is 0 Å². The molecule has 1 N–H and O–H groups in total. The molecule has 2 aromatic rings. The van der Waals surface area contributed by atoms with Crippen LogP contribution in [0.15, 0.2) is 18.3 Å². The number of carbonyl (C=O) groups excluding carboxylic acids is 1. The van der Waals surface area contributed by atoms with E-state index in [1.54, 1.807) is 12.1 Å². The Morgan fingerprint density at radius 2 is 2.25 bits per heavy atom. The highest BCUT2D eigenvalue weighted by Crippen LogP contribution is 2.38. The number of amides is 1. The quantitative estimate of drug-likeness (QED) is 0.865. The summed E-state index contributed by atoms with van der Waals surface area (Å²) in [6.07, 6.45) is 2.14. The lowest BCUT2D eigenvalue weighted by Gasteiger charge is -2.06. The summed E-state index contributed by atoms with van der Waals surface area (Å²) < 4.78 is 0. The average molecular weight is 307 g/mol. The van der Waals surface area contributed by atoms with E-state index in [9.17, 15) is 4.79 Å². The third kappa shape index (κ3) is 2.40. The number of nitrogens with one attached hydrogen (secondary N) is 1. The van der Waals surface area contributed by atoms with Crippen LogP contribution in [-0.4, -0.2) is 15.9 Å². The van der Waals surface area contributed by atoms with Gasteiger partial charge in [-0.25, -0.2) is 9.97 Å². The molecule has 0 aliphatic heterocycles. The standard InChI is InChI=1S/C13H8Cl2N4O/c14-10-2-6-3-11(17-5-9(6)12(15)18-10)19-13(20)8-1-7(8)4-16/h2-3,5,7-8H,1H2,(H,17,19,20)/t7-,8+/m0/s1. The van der Waals surface area contributed by atoms with Crippen LogP contribution in [0.4, 0.5) is 5.82 Å². The summed E-state index contributed by atoms with van der Waals surface area (Å²) in [6, 6.07) is 5.40. The summed E-state index contributed by atoms with van der Waals surface area (Å²) >= 11 is 11.8. The first-order valence-electron chi connectivity index (χ1n) is 5.91. The SMILES string of the molecule is N#C[C@@H]1C[C@H]1C(=O)Nc1cc2cc(Cl)nc(Cl)c2cn1. The fourth-order valence-corrected chi connectivity index (χ4v) is 2.49. The molecule has 1 amide bonds. The topological polar surface area (TPSA) is 78.7 Å². The normalized spacial score (nSPS) is 20.4. The molecule has 0 unspecified atom stereocenters. The second-order valence-corrected chi connectivity index (χ2v) is 5.34. The summed E-state index contributed by atoms with van der Waals surface area (Å²) in [7, 11) is 0. The van der Waals surface area contributed by atoms with Gasteiger partial charge in [0, 0.05) is 11.6 Å². The van der Waals surface area contributed by atoms with E-state index in [0.717, 1.165) is 5.39 Å². The molecular weight excluding hydrogens is 299 g/mol. The summed E-state index contributed by atoms with van der Waals surface area (Å²) in [5, 5.41) is 13.4. The van der Waals surface area contributed by atoms with Gasteiger partial charge in [-0.15, -0.1) is 0 Å². The van der Waals surface area contributed by atoms with Gasteiger partial charge in [0.25, 0.3) is 0 Å². The highest BCUT2D eigenvalue weighted by Gasteiger charge is 2.43. The fourth-order valence-electron chi connectivity index (χ4n) is 1.99. The van der Waals surface area contributed by atoms with Crippen LogP contribution < -0.4 is 5.32 Å². The number of aromatic nitrogens is 2. The Hall–Kier alpha value is -1.90. The van der Waals surface area contributed by atoms with E-state index >= 15 is 0 Å². The Kier molecular flexibility index (Phi) is 3.20. The Labute approximate surface area is 124 Å². The van der Waals surface area contributed by atoms with Crippen molar-refractivity contribution in [1.82, 2.24) is 9.97 Å². The van der Waals surface area contributed by atoms with Gasteiger partial charge < -0.3 is 5.32 Å². The first-order valence-corrected chi connectivity index (χ1v) is 6.66. The number of nitrogens with zero attached hydrogens (tertiary/aromatic N) is 3. The number of hydrogen-bond acceptors (Lipinski definition) is 4. The third-order valence-electron chi connectivity index (χ3n) is 3.18. The summed E-state index contributed by atoms with van der Waals surface area (Å²) in [5.41, 5.74) is 0. The number of fused-ring (bicyclic) bond motifs is 1. The molecule has 2 atom stereocenters. The molecule has 0 spiro atoms. The van der Waals surface area contributed by atoms with Crippen molar-refractivity contribution in [3.05, 3.63) is 28.6 Å². The van der Waals surface area contributed by atoms with Gasteiger partial charge in [-0.3, -0.25) is 4.79 Å². The Balaban J connectivity index is 1.86. The molecule has 0 saturated heterocycles. The van der Waals surface area contributed by atoms with Crippen LogP contribution >= 0.6 is 23.2 Å². The molecular formula is C13H8Cl2N4O. The summed E-state index contributed by atoms with van der Waals surface area (Å²) in [4.78, 5) is 19.9. The lowest BCUT2D eigenvalue weighted by molar-refractivity contribution is -0.117. The molecule has 5 nitrogen and oxygen atoms in total. The van der Waals surface area contributed by atoms with Gasteiger partial charge in [0.2, 0.25) is 5.91 Å². The van der Waals surface area contributed by atoms with E-state index in [-0.39, 0.29) is 28.0 Å². The van der Waals surface area contributed by atoms with E-state index in [1.807, 2.05) is 0 Å². The van der Waals surface area contributed by atoms with E-state index < -0.39 is 0 Å².